The van der Waals surface area contributed by atoms with Gasteiger partial charge in [-0.25, -0.2) is 9.37 Å². The van der Waals surface area contributed by atoms with Crippen molar-refractivity contribution in [1.82, 2.24) is 9.97 Å². The van der Waals surface area contributed by atoms with E-state index >= 15 is 0 Å². The molecule has 0 spiro atoms. The van der Waals surface area contributed by atoms with Crippen molar-refractivity contribution in [2.45, 2.75) is 0 Å². The second-order valence-corrected chi connectivity index (χ2v) is 2.88. The smallest absolute Gasteiger partial charge is 0.390 e. The Labute approximate surface area is 83.7 Å². The number of rotatable bonds is 2. The zero-order valence-corrected chi connectivity index (χ0v) is 7.48. The van der Waals surface area contributed by atoms with Crippen LogP contribution < -0.4 is 0 Å². The number of nitro groups is 1. The van der Waals surface area contributed by atoms with Crippen LogP contribution in [0.3, 0.4) is 0 Å². The quantitative estimate of drug-likeness (QED) is 0.605. The number of nitrogens with zero attached hydrogens (tertiary/aromatic N) is 2. The topological polar surface area (TPSA) is 71.8 Å². The highest BCUT2D eigenvalue weighted by atomic mass is 19.1. The predicted octanol–water partition coefficient (Wildman–Crippen LogP) is 2.12. The molecule has 0 aliphatic heterocycles. The highest BCUT2D eigenvalue weighted by Gasteiger charge is 2.12. The molecule has 1 aromatic heterocycles. The zero-order chi connectivity index (χ0) is 10.8. The molecule has 1 aromatic carbocycles. The van der Waals surface area contributed by atoms with Crippen molar-refractivity contribution in [3.8, 4) is 11.3 Å². The molecule has 0 amide bonds. The van der Waals surface area contributed by atoms with E-state index in [4.69, 9.17) is 0 Å². The van der Waals surface area contributed by atoms with Gasteiger partial charge in [0, 0.05) is 5.56 Å². The van der Waals surface area contributed by atoms with Crippen LogP contribution in [0.5, 0.6) is 0 Å². The third-order valence-corrected chi connectivity index (χ3v) is 1.89. The summed E-state index contributed by atoms with van der Waals surface area (Å²) >= 11 is 0. The zero-order valence-electron chi connectivity index (χ0n) is 7.48. The summed E-state index contributed by atoms with van der Waals surface area (Å²) < 4.78 is 12.6. The Morgan fingerprint density at radius 2 is 2.00 bits per heavy atom. The highest BCUT2D eigenvalue weighted by molar-refractivity contribution is 5.58. The van der Waals surface area contributed by atoms with E-state index in [1.165, 1.54) is 30.5 Å². The predicted molar refractivity (Wildman–Crippen MR) is 50.6 cm³/mol. The highest BCUT2D eigenvalue weighted by Crippen LogP contribution is 2.19. The SMILES string of the molecule is O=[N+]([O-])c1ncc(-c2ccc(F)cc2)[nH]1. The first kappa shape index (κ1) is 9.32. The third-order valence-electron chi connectivity index (χ3n) is 1.89. The lowest BCUT2D eigenvalue weighted by atomic mass is 10.2. The van der Waals surface area contributed by atoms with Crippen LogP contribution in [-0.2, 0) is 0 Å². The number of aromatic nitrogens is 2. The molecule has 0 atom stereocenters. The lowest BCUT2D eigenvalue weighted by molar-refractivity contribution is -0.393. The fourth-order valence-electron chi connectivity index (χ4n) is 1.18. The van der Waals surface area contributed by atoms with Crippen LogP contribution in [0.1, 0.15) is 0 Å². The fourth-order valence-corrected chi connectivity index (χ4v) is 1.18. The molecule has 0 radical (unpaired) electrons. The molecule has 1 heterocycles. The fraction of sp³-hybridized carbons (Fsp3) is 0. The number of H-pyrrole nitrogens is 1. The largest absolute Gasteiger partial charge is 0.432 e. The maximum atomic E-state index is 12.6. The standard InChI is InChI=1S/C9H6FN3O2/c10-7-3-1-6(2-4-7)8-5-11-9(12-8)13(14)15/h1-5H,(H,11,12). The van der Waals surface area contributed by atoms with Crippen LogP contribution in [0.15, 0.2) is 30.5 Å². The first-order chi connectivity index (χ1) is 7.16. The molecule has 15 heavy (non-hydrogen) atoms. The second-order valence-electron chi connectivity index (χ2n) is 2.88. The van der Waals surface area contributed by atoms with Crippen molar-refractivity contribution in [2.24, 2.45) is 0 Å². The molecule has 0 unspecified atom stereocenters. The first-order valence-corrected chi connectivity index (χ1v) is 4.12. The van der Waals surface area contributed by atoms with E-state index in [0.717, 1.165) is 0 Å². The lowest BCUT2D eigenvalue weighted by Gasteiger charge is -1.93. The van der Waals surface area contributed by atoms with E-state index in [2.05, 4.69) is 9.97 Å². The maximum Gasteiger partial charge on any atom is 0.432 e. The Kier molecular flexibility index (Phi) is 2.17. The monoisotopic (exact) mass is 207 g/mol. The van der Waals surface area contributed by atoms with Gasteiger partial charge in [0.1, 0.15) is 17.7 Å². The molecule has 0 fully saturated rings. The molecule has 0 saturated carbocycles. The summed E-state index contributed by atoms with van der Waals surface area (Å²) in [6.07, 6.45) is 1.34. The molecule has 1 N–H and O–H groups in total. The summed E-state index contributed by atoms with van der Waals surface area (Å²) in [4.78, 5) is 15.8. The maximum absolute atomic E-state index is 12.6. The molecular formula is C9H6FN3O2. The van der Waals surface area contributed by atoms with E-state index in [9.17, 15) is 14.5 Å². The van der Waals surface area contributed by atoms with E-state index in [-0.39, 0.29) is 11.8 Å². The van der Waals surface area contributed by atoms with E-state index in [1.54, 1.807) is 0 Å². The van der Waals surface area contributed by atoms with Crippen LogP contribution in [0.25, 0.3) is 11.3 Å². The minimum atomic E-state index is -0.618. The Hall–Kier alpha value is -2.24. The van der Waals surface area contributed by atoms with Gasteiger partial charge in [0.2, 0.25) is 0 Å². The van der Waals surface area contributed by atoms with Crippen molar-refractivity contribution in [1.29, 1.82) is 0 Å². The molecule has 6 heteroatoms. The summed E-state index contributed by atoms with van der Waals surface area (Å²) in [6, 6.07) is 5.60. The second kappa shape index (κ2) is 3.49. The molecule has 0 saturated heterocycles. The van der Waals surface area contributed by atoms with Gasteiger partial charge in [0.25, 0.3) is 0 Å². The Balaban J connectivity index is 2.37. The van der Waals surface area contributed by atoms with Crippen LogP contribution in [-0.4, -0.2) is 14.9 Å². The summed E-state index contributed by atoms with van der Waals surface area (Å²) in [5, 5.41) is 10.4. The van der Waals surface area contributed by atoms with Crippen molar-refractivity contribution in [3.05, 3.63) is 46.4 Å². The van der Waals surface area contributed by atoms with Gasteiger partial charge in [-0.15, -0.1) is 0 Å². The van der Waals surface area contributed by atoms with Crippen LogP contribution >= 0.6 is 0 Å². The van der Waals surface area contributed by atoms with Gasteiger partial charge in [0.05, 0.1) is 0 Å². The summed E-state index contributed by atoms with van der Waals surface area (Å²) in [5.41, 5.74) is 1.14. The Bertz CT molecular complexity index is 492. The normalized spacial score (nSPS) is 10.2. The molecule has 0 aliphatic rings. The number of hydrogen-bond acceptors (Lipinski definition) is 3. The summed E-state index contributed by atoms with van der Waals surface area (Å²) in [5.74, 6) is -0.679. The van der Waals surface area contributed by atoms with Crippen molar-refractivity contribution < 1.29 is 9.31 Å². The average molecular weight is 207 g/mol. The van der Waals surface area contributed by atoms with Gasteiger partial charge in [0.15, 0.2) is 0 Å². The average Bonchev–Trinajstić information content (AvgIpc) is 2.68. The number of benzene rings is 1. The summed E-state index contributed by atoms with van der Waals surface area (Å²) in [6.45, 7) is 0. The Morgan fingerprint density at radius 1 is 1.33 bits per heavy atom. The molecule has 2 rings (SSSR count). The van der Waals surface area contributed by atoms with Gasteiger partial charge < -0.3 is 10.1 Å². The number of halogens is 1. The van der Waals surface area contributed by atoms with E-state index in [0.29, 0.717) is 11.3 Å². The molecule has 0 aliphatic carbocycles. The molecule has 2 aromatic rings. The number of imidazole rings is 1. The van der Waals surface area contributed by atoms with Gasteiger partial charge in [-0.2, -0.15) is 0 Å². The van der Waals surface area contributed by atoms with E-state index in [1.807, 2.05) is 0 Å². The van der Waals surface area contributed by atoms with Crippen LogP contribution in [0, 0.1) is 15.9 Å². The number of nitrogens with one attached hydrogen (secondary N) is 1. The first-order valence-electron chi connectivity index (χ1n) is 4.12. The molecule has 0 bridgehead atoms. The molecule has 76 valence electrons. The summed E-state index contributed by atoms with van der Waals surface area (Å²) in [7, 11) is 0. The van der Waals surface area contributed by atoms with Crippen LogP contribution in [0.2, 0.25) is 0 Å². The van der Waals surface area contributed by atoms with Crippen LogP contribution in [0.4, 0.5) is 10.3 Å². The van der Waals surface area contributed by atoms with Gasteiger partial charge >= 0.3 is 5.95 Å². The van der Waals surface area contributed by atoms with Crippen molar-refractivity contribution in [3.63, 3.8) is 0 Å². The van der Waals surface area contributed by atoms with Crippen molar-refractivity contribution >= 4 is 5.95 Å². The minimum Gasteiger partial charge on any atom is -0.390 e. The molecule has 5 nitrogen and oxygen atoms in total. The minimum absolute atomic E-state index is 0.325. The lowest BCUT2D eigenvalue weighted by Crippen LogP contribution is -1.89. The van der Waals surface area contributed by atoms with Gasteiger partial charge in [-0.05, 0) is 29.2 Å². The Morgan fingerprint density at radius 3 is 2.53 bits per heavy atom. The third kappa shape index (κ3) is 1.83. The van der Waals surface area contributed by atoms with Gasteiger partial charge in [-0.3, -0.25) is 0 Å². The number of aromatic amines is 1. The van der Waals surface area contributed by atoms with E-state index < -0.39 is 4.92 Å². The van der Waals surface area contributed by atoms with Gasteiger partial charge in [-0.1, -0.05) is 4.98 Å². The number of hydrogen-bond donors (Lipinski definition) is 1. The molecular weight excluding hydrogens is 201 g/mol. The van der Waals surface area contributed by atoms with Crippen molar-refractivity contribution in [2.75, 3.05) is 0 Å².